The number of hydrogen-bond donors (Lipinski definition) is 1. The molecule has 0 amide bonds. The van der Waals surface area contributed by atoms with Crippen molar-refractivity contribution in [2.75, 3.05) is 6.61 Å². The summed E-state index contributed by atoms with van der Waals surface area (Å²) in [5.74, 6) is 0.240. The maximum atomic E-state index is 13.0. The monoisotopic (exact) mass is 239 g/mol. The van der Waals surface area contributed by atoms with Crippen molar-refractivity contribution in [3.05, 3.63) is 30.1 Å². The highest BCUT2D eigenvalue weighted by Gasteiger charge is 2.41. The van der Waals surface area contributed by atoms with Crippen molar-refractivity contribution in [1.29, 1.82) is 0 Å². The van der Waals surface area contributed by atoms with E-state index in [0.29, 0.717) is 12.4 Å². The van der Waals surface area contributed by atoms with Crippen LogP contribution in [0.15, 0.2) is 24.3 Å². The van der Waals surface area contributed by atoms with E-state index >= 15 is 0 Å². The number of ether oxygens (including phenoxy) is 2. The fourth-order valence-corrected chi connectivity index (χ4v) is 1.93. The molecule has 1 aromatic carbocycles. The summed E-state index contributed by atoms with van der Waals surface area (Å²) in [6, 6.07) is 6.17. The topological polar surface area (TPSA) is 44.5 Å². The lowest BCUT2D eigenvalue weighted by molar-refractivity contribution is -0.0980. The van der Waals surface area contributed by atoms with E-state index in [2.05, 4.69) is 0 Å². The zero-order valence-corrected chi connectivity index (χ0v) is 9.93. The number of nitrogens with two attached hydrogens (primary N) is 1. The van der Waals surface area contributed by atoms with Crippen LogP contribution in [0.4, 0.5) is 4.39 Å². The van der Waals surface area contributed by atoms with Gasteiger partial charge in [-0.1, -0.05) is 13.0 Å². The van der Waals surface area contributed by atoms with Gasteiger partial charge in [0.05, 0.1) is 0 Å². The van der Waals surface area contributed by atoms with Crippen LogP contribution in [0.25, 0.3) is 0 Å². The molecule has 0 heterocycles. The molecule has 2 rings (SSSR count). The summed E-state index contributed by atoms with van der Waals surface area (Å²) < 4.78 is 24.3. The van der Waals surface area contributed by atoms with E-state index in [9.17, 15) is 4.39 Å². The van der Waals surface area contributed by atoms with Gasteiger partial charge < -0.3 is 15.2 Å². The largest absolute Gasteiger partial charge is 0.487 e. The van der Waals surface area contributed by atoms with E-state index < -0.39 is 0 Å². The summed E-state index contributed by atoms with van der Waals surface area (Å²) >= 11 is 0. The molecule has 1 aromatic rings. The van der Waals surface area contributed by atoms with Gasteiger partial charge in [-0.3, -0.25) is 0 Å². The fourth-order valence-electron chi connectivity index (χ4n) is 1.93. The standard InChI is InChI=1S/C13H18FNO2/c1-2-6-16-13-11(15)8-12(13)17-10-5-3-4-9(14)7-10/h3-5,7,11-13H,2,6,8,15H2,1H3. The van der Waals surface area contributed by atoms with Crippen molar-refractivity contribution < 1.29 is 13.9 Å². The van der Waals surface area contributed by atoms with Crippen molar-refractivity contribution >= 4 is 0 Å². The Hall–Kier alpha value is -1.13. The van der Waals surface area contributed by atoms with Crippen LogP contribution in [0.3, 0.4) is 0 Å². The lowest BCUT2D eigenvalue weighted by atomic mass is 9.86. The van der Waals surface area contributed by atoms with Gasteiger partial charge in [-0.2, -0.15) is 0 Å². The minimum Gasteiger partial charge on any atom is -0.487 e. The molecule has 3 unspecified atom stereocenters. The summed E-state index contributed by atoms with van der Waals surface area (Å²) in [5, 5.41) is 0. The van der Waals surface area contributed by atoms with Crippen LogP contribution in [-0.4, -0.2) is 24.9 Å². The molecule has 3 nitrogen and oxygen atoms in total. The van der Waals surface area contributed by atoms with Gasteiger partial charge in [0.1, 0.15) is 23.8 Å². The second-order valence-corrected chi connectivity index (χ2v) is 4.35. The third-order valence-electron chi connectivity index (χ3n) is 2.89. The van der Waals surface area contributed by atoms with Crippen molar-refractivity contribution in [2.45, 2.75) is 38.0 Å². The molecule has 17 heavy (non-hydrogen) atoms. The number of rotatable bonds is 5. The van der Waals surface area contributed by atoms with Gasteiger partial charge in [-0.05, 0) is 18.6 Å². The molecule has 0 aliphatic heterocycles. The van der Waals surface area contributed by atoms with Gasteiger partial charge in [0, 0.05) is 25.1 Å². The highest BCUT2D eigenvalue weighted by atomic mass is 19.1. The molecule has 3 atom stereocenters. The van der Waals surface area contributed by atoms with E-state index in [1.165, 1.54) is 12.1 Å². The zero-order valence-electron chi connectivity index (χ0n) is 9.93. The maximum absolute atomic E-state index is 13.0. The lowest BCUT2D eigenvalue weighted by Crippen LogP contribution is -2.59. The van der Waals surface area contributed by atoms with Gasteiger partial charge in [-0.15, -0.1) is 0 Å². The maximum Gasteiger partial charge on any atom is 0.128 e. The van der Waals surface area contributed by atoms with Gasteiger partial charge >= 0.3 is 0 Å². The molecule has 0 aromatic heterocycles. The lowest BCUT2D eigenvalue weighted by Gasteiger charge is -2.41. The van der Waals surface area contributed by atoms with E-state index in [1.54, 1.807) is 12.1 Å². The number of hydrogen-bond acceptors (Lipinski definition) is 3. The Morgan fingerprint density at radius 3 is 2.94 bits per heavy atom. The molecular weight excluding hydrogens is 221 g/mol. The Balaban J connectivity index is 1.91. The normalized spacial score (nSPS) is 27.6. The predicted molar refractivity (Wildman–Crippen MR) is 63.4 cm³/mol. The fraction of sp³-hybridized carbons (Fsp3) is 0.538. The van der Waals surface area contributed by atoms with Crippen LogP contribution >= 0.6 is 0 Å². The second kappa shape index (κ2) is 5.47. The van der Waals surface area contributed by atoms with Crippen LogP contribution in [0.2, 0.25) is 0 Å². The average Bonchev–Trinajstić information content (AvgIpc) is 2.29. The van der Waals surface area contributed by atoms with Crippen molar-refractivity contribution in [3.63, 3.8) is 0 Å². The molecule has 0 bridgehead atoms. The van der Waals surface area contributed by atoms with Crippen molar-refractivity contribution in [2.24, 2.45) is 5.73 Å². The van der Waals surface area contributed by atoms with E-state index in [-0.39, 0.29) is 24.1 Å². The van der Waals surface area contributed by atoms with Crippen LogP contribution in [-0.2, 0) is 4.74 Å². The molecule has 0 spiro atoms. The molecule has 0 radical (unpaired) electrons. The summed E-state index contributed by atoms with van der Waals surface area (Å²) in [7, 11) is 0. The van der Waals surface area contributed by atoms with Gasteiger partial charge in [-0.25, -0.2) is 4.39 Å². The van der Waals surface area contributed by atoms with Gasteiger partial charge in [0.25, 0.3) is 0 Å². The summed E-state index contributed by atoms with van der Waals surface area (Å²) in [4.78, 5) is 0. The average molecular weight is 239 g/mol. The Kier molecular flexibility index (Phi) is 3.97. The Morgan fingerprint density at radius 1 is 1.47 bits per heavy atom. The van der Waals surface area contributed by atoms with Crippen LogP contribution in [0, 0.1) is 5.82 Å². The molecule has 1 aliphatic rings. The van der Waals surface area contributed by atoms with Crippen LogP contribution < -0.4 is 10.5 Å². The highest BCUT2D eigenvalue weighted by molar-refractivity contribution is 5.23. The number of halogens is 1. The summed E-state index contributed by atoms with van der Waals surface area (Å²) in [6.07, 6.45) is 1.58. The van der Waals surface area contributed by atoms with Crippen molar-refractivity contribution in [3.8, 4) is 5.75 Å². The summed E-state index contributed by atoms with van der Waals surface area (Å²) in [6.45, 7) is 2.73. The third-order valence-corrected chi connectivity index (χ3v) is 2.89. The number of benzene rings is 1. The van der Waals surface area contributed by atoms with Crippen LogP contribution in [0.1, 0.15) is 19.8 Å². The van der Waals surface area contributed by atoms with Crippen LogP contribution in [0.5, 0.6) is 5.75 Å². The molecule has 94 valence electrons. The molecule has 1 saturated carbocycles. The smallest absolute Gasteiger partial charge is 0.128 e. The summed E-state index contributed by atoms with van der Waals surface area (Å²) in [5.41, 5.74) is 5.86. The van der Waals surface area contributed by atoms with Gasteiger partial charge in [0.15, 0.2) is 0 Å². The minimum atomic E-state index is -0.294. The minimum absolute atomic E-state index is 0.0279. The Morgan fingerprint density at radius 2 is 2.29 bits per heavy atom. The molecule has 0 saturated heterocycles. The molecule has 2 N–H and O–H groups in total. The molecule has 1 aliphatic carbocycles. The van der Waals surface area contributed by atoms with E-state index in [1.807, 2.05) is 6.92 Å². The SMILES string of the molecule is CCCOC1C(N)CC1Oc1cccc(F)c1. The zero-order chi connectivity index (χ0) is 12.3. The first kappa shape index (κ1) is 12.3. The second-order valence-electron chi connectivity index (χ2n) is 4.35. The highest BCUT2D eigenvalue weighted by Crippen LogP contribution is 2.28. The first-order valence-corrected chi connectivity index (χ1v) is 6.00. The molecule has 1 fully saturated rings. The Labute approximate surface area is 101 Å². The first-order valence-electron chi connectivity index (χ1n) is 6.00. The van der Waals surface area contributed by atoms with Crippen molar-refractivity contribution in [1.82, 2.24) is 0 Å². The molecular formula is C13H18FNO2. The van der Waals surface area contributed by atoms with Gasteiger partial charge in [0.2, 0.25) is 0 Å². The van der Waals surface area contributed by atoms with E-state index in [0.717, 1.165) is 12.8 Å². The quantitative estimate of drug-likeness (QED) is 0.855. The third kappa shape index (κ3) is 2.96. The van der Waals surface area contributed by atoms with E-state index in [4.69, 9.17) is 15.2 Å². The first-order chi connectivity index (χ1) is 8.20. The Bertz CT molecular complexity index is 372. The molecule has 4 heteroatoms. The predicted octanol–water partition coefficient (Wildman–Crippen LogP) is 2.10.